The zero-order chi connectivity index (χ0) is 14.8. The maximum Gasteiger partial charge on any atom is 0.230 e. The van der Waals surface area contributed by atoms with E-state index in [1.165, 1.54) is 11.3 Å². The van der Waals surface area contributed by atoms with Crippen molar-refractivity contribution < 1.29 is 4.79 Å². The van der Waals surface area contributed by atoms with Crippen molar-refractivity contribution in [3.63, 3.8) is 0 Å². The molecule has 106 valence electrons. The van der Waals surface area contributed by atoms with Crippen LogP contribution in [0.15, 0.2) is 46.9 Å². The lowest BCUT2D eigenvalue weighted by Gasteiger charge is -2.02. The molecular weight excluding hydrogens is 348 g/mol. The van der Waals surface area contributed by atoms with Crippen LogP contribution in [-0.2, 0) is 11.2 Å². The standard InChI is InChI=1S/C16H13BrN2OS/c1-10-4-2-5-11(8-10)9-14(20)18-16-19-15-12(17)6-3-7-13(15)21-16/h2-8H,9H2,1H3,(H,18,19,20). The van der Waals surface area contributed by atoms with E-state index in [-0.39, 0.29) is 5.91 Å². The van der Waals surface area contributed by atoms with E-state index in [2.05, 4.69) is 26.2 Å². The van der Waals surface area contributed by atoms with E-state index in [0.717, 1.165) is 25.8 Å². The number of thiazole rings is 1. The number of amides is 1. The first-order chi connectivity index (χ1) is 10.1. The van der Waals surface area contributed by atoms with Gasteiger partial charge in [-0.3, -0.25) is 4.79 Å². The van der Waals surface area contributed by atoms with Crippen molar-refractivity contribution in [1.82, 2.24) is 4.98 Å². The van der Waals surface area contributed by atoms with Crippen LogP contribution in [0, 0.1) is 6.92 Å². The fourth-order valence-corrected chi connectivity index (χ4v) is 3.63. The number of hydrogen-bond acceptors (Lipinski definition) is 3. The third-order valence-electron chi connectivity index (χ3n) is 3.06. The molecule has 0 atom stereocenters. The highest BCUT2D eigenvalue weighted by atomic mass is 79.9. The van der Waals surface area contributed by atoms with Crippen molar-refractivity contribution in [3.8, 4) is 0 Å². The van der Waals surface area contributed by atoms with Crippen LogP contribution in [0.4, 0.5) is 5.13 Å². The van der Waals surface area contributed by atoms with E-state index < -0.39 is 0 Å². The lowest BCUT2D eigenvalue weighted by molar-refractivity contribution is -0.115. The third-order valence-corrected chi connectivity index (χ3v) is 4.64. The van der Waals surface area contributed by atoms with Gasteiger partial charge in [-0.05, 0) is 40.5 Å². The summed E-state index contributed by atoms with van der Waals surface area (Å²) in [4.78, 5) is 16.5. The van der Waals surface area contributed by atoms with Crippen LogP contribution in [0.2, 0.25) is 0 Å². The molecule has 0 bridgehead atoms. The molecule has 1 amide bonds. The number of para-hydroxylation sites is 1. The molecule has 21 heavy (non-hydrogen) atoms. The van der Waals surface area contributed by atoms with E-state index in [0.29, 0.717) is 11.6 Å². The van der Waals surface area contributed by atoms with Crippen LogP contribution in [0.3, 0.4) is 0 Å². The molecule has 0 saturated carbocycles. The second-order valence-corrected chi connectivity index (χ2v) is 6.70. The van der Waals surface area contributed by atoms with E-state index >= 15 is 0 Å². The summed E-state index contributed by atoms with van der Waals surface area (Å²) in [5.74, 6) is -0.0456. The summed E-state index contributed by atoms with van der Waals surface area (Å²) in [5, 5.41) is 3.51. The number of nitrogens with one attached hydrogen (secondary N) is 1. The summed E-state index contributed by atoms with van der Waals surface area (Å²) in [7, 11) is 0. The average molecular weight is 361 g/mol. The Hall–Kier alpha value is -1.72. The molecule has 0 unspecified atom stereocenters. The molecule has 3 aromatic rings. The van der Waals surface area contributed by atoms with Gasteiger partial charge in [0.1, 0.15) is 0 Å². The van der Waals surface area contributed by atoms with Crippen molar-refractivity contribution in [1.29, 1.82) is 0 Å². The Morgan fingerprint density at radius 1 is 1.29 bits per heavy atom. The Labute approximate surface area is 135 Å². The molecule has 0 spiro atoms. The fraction of sp³-hybridized carbons (Fsp3) is 0.125. The number of carbonyl (C=O) groups excluding carboxylic acids is 1. The number of carbonyl (C=O) groups is 1. The second-order valence-electron chi connectivity index (χ2n) is 4.82. The molecular formula is C16H13BrN2OS. The number of fused-ring (bicyclic) bond motifs is 1. The fourth-order valence-electron chi connectivity index (χ4n) is 2.14. The summed E-state index contributed by atoms with van der Waals surface area (Å²) in [6.45, 7) is 2.02. The molecule has 1 N–H and O–H groups in total. The predicted octanol–water partition coefficient (Wildman–Crippen LogP) is 4.55. The predicted molar refractivity (Wildman–Crippen MR) is 90.8 cm³/mol. The maximum atomic E-state index is 12.1. The second kappa shape index (κ2) is 5.95. The quantitative estimate of drug-likeness (QED) is 0.744. The molecule has 3 rings (SSSR count). The molecule has 0 aliphatic rings. The molecule has 0 radical (unpaired) electrons. The summed E-state index contributed by atoms with van der Waals surface area (Å²) in [6, 6.07) is 13.9. The highest BCUT2D eigenvalue weighted by Gasteiger charge is 2.10. The lowest BCUT2D eigenvalue weighted by atomic mass is 10.1. The number of aromatic nitrogens is 1. The summed E-state index contributed by atoms with van der Waals surface area (Å²) in [5.41, 5.74) is 3.05. The van der Waals surface area contributed by atoms with Gasteiger partial charge in [-0.25, -0.2) is 4.98 Å². The molecule has 1 aromatic heterocycles. The highest BCUT2D eigenvalue weighted by molar-refractivity contribution is 9.10. The summed E-state index contributed by atoms with van der Waals surface area (Å²) >= 11 is 4.95. The number of benzene rings is 2. The molecule has 0 saturated heterocycles. The van der Waals surface area contributed by atoms with Crippen molar-refractivity contribution in [2.45, 2.75) is 13.3 Å². The van der Waals surface area contributed by atoms with E-state index in [4.69, 9.17) is 0 Å². The van der Waals surface area contributed by atoms with Gasteiger partial charge in [0, 0.05) is 4.47 Å². The highest BCUT2D eigenvalue weighted by Crippen LogP contribution is 2.30. The summed E-state index contributed by atoms with van der Waals surface area (Å²) < 4.78 is 1.99. The zero-order valence-corrected chi connectivity index (χ0v) is 13.8. The summed E-state index contributed by atoms with van der Waals surface area (Å²) in [6.07, 6.45) is 0.360. The molecule has 1 heterocycles. The van der Waals surface area contributed by atoms with Gasteiger partial charge < -0.3 is 5.32 Å². The number of aryl methyl sites for hydroxylation is 1. The smallest absolute Gasteiger partial charge is 0.230 e. The van der Waals surface area contributed by atoms with Gasteiger partial charge in [-0.15, -0.1) is 0 Å². The van der Waals surface area contributed by atoms with Gasteiger partial charge in [0.05, 0.1) is 16.6 Å². The SMILES string of the molecule is Cc1cccc(CC(=O)Nc2nc3c(Br)cccc3s2)c1. The molecule has 0 aliphatic carbocycles. The van der Waals surface area contributed by atoms with Crippen LogP contribution in [0.5, 0.6) is 0 Å². The van der Waals surface area contributed by atoms with Crippen LogP contribution >= 0.6 is 27.3 Å². The third kappa shape index (κ3) is 3.31. The van der Waals surface area contributed by atoms with Crippen molar-refractivity contribution >= 4 is 48.5 Å². The van der Waals surface area contributed by atoms with E-state index in [9.17, 15) is 4.79 Å². The van der Waals surface area contributed by atoms with Crippen LogP contribution < -0.4 is 5.32 Å². The first-order valence-corrected chi connectivity index (χ1v) is 8.13. The first kappa shape index (κ1) is 14.2. The van der Waals surface area contributed by atoms with Gasteiger partial charge in [0.25, 0.3) is 0 Å². The minimum absolute atomic E-state index is 0.0456. The Morgan fingerprint density at radius 2 is 2.10 bits per heavy atom. The Morgan fingerprint density at radius 3 is 2.86 bits per heavy atom. The Balaban J connectivity index is 1.75. The minimum Gasteiger partial charge on any atom is -0.302 e. The number of anilines is 1. The van der Waals surface area contributed by atoms with Gasteiger partial charge in [-0.1, -0.05) is 47.2 Å². The minimum atomic E-state index is -0.0456. The van der Waals surface area contributed by atoms with Gasteiger partial charge in [0.15, 0.2) is 5.13 Å². The lowest BCUT2D eigenvalue weighted by Crippen LogP contribution is -2.14. The number of nitrogens with zero attached hydrogens (tertiary/aromatic N) is 1. The number of rotatable bonds is 3. The molecule has 0 fully saturated rings. The van der Waals surface area contributed by atoms with Gasteiger partial charge >= 0.3 is 0 Å². The van der Waals surface area contributed by atoms with Crippen LogP contribution in [0.1, 0.15) is 11.1 Å². The van der Waals surface area contributed by atoms with E-state index in [1.807, 2.05) is 49.4 Å². The normalized spacial score (nSPS) is 10.8. The van der Waals surface area contributed by atoms with Crippen LogP contribution in [-0.4, -0.2) is 10.9 Å². The van der Waals surface area contributed by atoms with Gasteiger partial charge in [-0.2, -0.15) is 0 Å². The van der Waals surface area contributed by atoms with Crippen molar-refractivity contribution in [2.24, 2.45) is 0 Å². The number of halogens is 1. The Kier molecular flexibility index (Phi) is 4.03. The van der Waals surface area contributed by atoms with Crippen molar-refractivity contribution in [2.75, 3.05) is 5.32 Å². The van der Waals surface area contributed by atoms with E-state index in [1.54, 1.807) is 0 Å². The Bertz CT molecular complexity index is 813. The van der Waals surface area contributed by atoms with Gasteiger partial charge in [0.2, 0.25) is 5.91 Å². The zero-order valence-electron chi connectivity index (χ0n) is 11.4. The topological polar surface area (TPSA) is 42.0 Å². The van der Waals surface area contributed by atoms with Crippen LogP contribution in [0.25, 0.3) is 10.2 Å². The largest absolute Gasteiger partial charge is 0.302 e. The molecule has 5 heteroatoms. The molecule has 3 nitrogen and oxygen atoms in total. The first-order valence-electron chi connectivity index (χ1n) is 6.52. The maximum absolute atomic E-state index is 12.1. The van der Waals surface area contributed by atoms with Crippen molar-refractivity contribution in [3.05, 3.63) is 58.1 Å². The molecule has 0 aliphatic heterocycles. The number of hydrogen-bond donors (Lipinski definition) is 1. The molecule has 2 aromatic carbocycles. The average Bonchev–Trinajstić information content (AvgIpc) is 2.82. The monoisotopic (exact) mass is 360 g/mol.